The van der Waals surface area contributed by atoms with Gasteiger partial charge in [0.05, 0.1) is 0 Å². The van der Waals surface area contributed by atoms with E-state index in [9.17, 15) is 10.4 Å². The van der Waals surface area contributed by atoms with Crippen LogP contribution in [0.2, 0.25) is 5.15 Å². The Balaban J connectivity index is 2.69. The van der Waals surface area contributed by atoms with E-state index in [1.54, 1.807) is 32.9 Å². The highest BCUT2D eigenvalue weighted by Gasteiger charge is 2.21. The van der Waals surface area contributed by atoms with Crippen molar-refractivity contribution in [1.82, 2.24) is 0 Å². The van der Waals surface area contributed by atoms with Crippen molar-refractivity contribution < 1.29 is 9.47 Å². The molecule has 0 unspecified atom stereocenters. The third-order valence-electron chi connectivity index (χ3n) is 3.05. The molecule has 0 amide bonds. The topological polar surface area (TPSA) is 53.0 Å². The quantitative estimate of drug-likeness (QED) is 0.266. The van der Waals surface area contributed by atoms with Gasteiger partial charge in [0.2, 0.25) is 5.52 Å². The Morgan fingerprint density at radius 2 is 1.90 bits per heavy atom. The second-order valence-electron chi connectivity index (χ2n) is 5.87. The van der Waals surface area contributed by atoms with Gasteiger partial charge in [-0.15, -0.1) is 0 Å². The molecular formula is C15H17ClN2O2. The van der Waals surface area contributed by atoms with Crippen molar-refractivity contribution in [2.45, 2.75) is 33.2 Å². The molecule has 1 heterocycles. The van der Waals surface area contributed by atoms with Crippen molar-refractivity contribution in [3.63, 3.8) is 0 Å². The van der Waals surface area contributed by atoms with Gasteiger partial charge in [-0.25, -0.2) is 4.74 Å². The summed E-state index contributed by atoms with van der Waals surface area (Å²) in [4.78, 5) is 0. The van der Waals surface area contributed by atoms with Gasteiger partial charge in [-0.3, -0.25) is 0 Å². The lowest BCUT2D eigenvalue weighted by Crippen LogP contribution is -2.32. The fourth-order valence-corrected chi connectivity index (χ4v) is 2.03. The maximum atomic E-state index is 12.1. The highest BCUT2D eigenvalue weighted by atomic mass is 35.5. The first-order valence-corrected chi connectivity index (χ1v) is 6.72. The number of hydrogen-bond acceptors (Lipinski definition) is 2. The van der Waals surface area contributed by atoms with Gasteiger partial charge in [-0.2, -0.15) is 4.73 Å². The summed E-state index contributed by atoms with van der Waals surface area (Å²) in [5, 5.41) is 24.9. The molecule has 106 valence electrons. The number of hydrogen-bond donors (Lipinski definition) is 0. The minimum Gasteiger partial charge on any atom is -0.623 e. The zero-order valence-corrected chi connectivity index (χ0v) is 12.7. The lowest BCUT2D eigenvalue weighted by atomic mass is 10.1. The molecule has 0 aliphatic rings. The van der Waals surface area contributed by atoms with E-state index in [0.717, 1.165) is 15.7 Å². The second kappa shape index (κ2) is 4.94. The fourth-order valence-electron chi connectivity index (χ4n) is 1.84. The van der Waals surface area contributed by atoms with Gasteiger partial charge < -0.3 is 10.4 Å². The van der Waals surface area contributed by atoms with Crippen LogP contribution in [0.4, 0.5) is 0 Å². The summed E-state index contributed by atoms with van der Waals surface area (Å²) in [6.07, 6.45) is 1.36. The highest BCUT2D eigenvalue weighted by molar-refractivity contribution is 6.31. The maximum absolute atomic E-state index is 12.1. The molecule has 1 aromatic carbocycles. The molecule has 0 fully saturated rings. The van der Waals surface area contributed by atoms with E-state index in [4.69, 9.17) is 11.6 Å². The second-order valence-corrected chi connectivity index (χ2v) is 6.23. The Morgan fingerprint density at radius 3 is 2.50 bits per heavy atom. The largest absolute Gasteiger partial charge is 0.623 e. The summed E-state index contributed by atoms with van der Waals surface area (Å²) < 4.78 is 1.45. The monoisotopic (exact) mass is 292 g/mol. The summed E-state index contributed by atoms with van der Waals surface area (Å²) in [5.41, 5.74) is 1.37. The molecule has 0 atom stereocenters. The molecule has 4 nitrogen and oxygen atoms in total. The summed E-state index contributed by atoms with van der Waals surface area (Å²) in [7, 11) is 0. The fraction of sp³-hybridized carbons (Fsp3) is 0.333. The molecule has 0 aliphatic heterocycles. The average Bonchev–Trinajstić information content (AvgIpc) is 2.34. The Bertz CT molecular complexity index is 703. The van der Waals surface area contributed by atoms with Crippen LogP contribution in [0.15, 0.2) is 24.3 Å². The van der Waals surface area contributed by atoms with E-state index in [0.29, 0.717) is 15.8 Å². The smallest absolute Gasteiger partial charge is 0.300 e. The zero-order valence-electron chi connectivity index (χ0n) is 12.0. The number of hydroxylamine groups is 1. The van der Waals surface area contributed by atoms with Gasteiger partial charge in [0.25, 0.3) is 5.15 Å². The van der Waals surface area contributed by atoms with Gasteiger partial charge in [0.15, 0.2) is 11.8 Å². The van der Waals surface area contributed by atoms with E-state index in [-0.39, 0.29) is 5.15 Å². The minimum absolute atomic E-state index is 0.00598. The molecule has 0 saturated carbocycles. The lowest BCUT2D eigenvalue weighted by molar-refractivity contribution is -0.575. The van der Waals surface area contributed by atoms with Crippen LogP contribution in [-0.2, 0) is 0 Å². The van der Waals surface area contributed by atoms with E-state index >= 15 is 0 Å². The van der Waals surface area contributed by atoms with Gasteiger partial charge in [0.1, 0.15) is 5.56 Å². The Morgan fingerprint density at radius 1 is 1.25 bits per heavy atom. The average molecular weight is 293 g/mol. The molecule has 20 heavy (non-hydrogen) atoms. The molecule has 2 aromatic rings. The molecule has 2 rings (SSSR count). The number of pyridine rings is 1. The highest BCUT2D eigenvalue weighted by Crippen LogP contribution is 2.19. The van der Waals surface area contributed by atoms with Crippen molar-refractivity contribution in [3.05, 3.63) is 51.0 Å². The number of benzene rings is 1. The normalized spacial score (nSPS) is 12.9. The summed E-state index contributed by atoms with van der Waals surface area (Å²) in [6, 6.07) is 7.23. The van der Waals surface area contributed by atoms with Crippen molar-refractivity contribution in [1.29, 1.82) is 0 Å². The Labute approximate surface area is 123 Å². The number of halogens is 1. The third kappa shape index (κ3) is 2.70. The predicted molar refractivity (Wildman–Crippen MR) is 81.2 cm³/mol. The molecule has 0 spiro atoms. The number of aryl methyl sites for hydroxylation is 1. The minimum atomic E-state index is -0.585. The standard InChI is InChI=1S/C15H17ClN2O2/c1-10-5-6-13-11(7-10)8-12(14(16)18(13)20)9-17(19)15(2,3)4/h5-9H,1-4H3/b17-9-. The first-order valence-electron chi connectivity index (χ1n) is 6.34. The first-order chi connectivity index (χ1) is 9.20. The predicted octanol–water partition coefficient (Wildman–Crippen LogP) is 3.16. The molecule has 0 aliphatic carbocycles. The van der Waals surface area contributed by atoms with Crippen LogP contribution in [0.5, 0.6) is 0 Å². The van der Waals surface area contributed by atoms with Crippen LogP contribution >= 0.6 is 11.6 Å². The van der Waals surface area contributed by atoms with E-state index < -0.39 is 5.54 Å². The number of nitrogens with zero attached hydrogens (tertiary/aromatic N) is 2. The number of fused-ring (bicyclic) bond motifs is 1. The molecule has 0 bridgehead atoms. The number of aromatic nitrogens is 1. The molecule has 0 radical (unpaired) electrons. The van der Waals surface area contributed by atoms with Crippen LogP contribution in [0.25, 0.3) is 10.9 Å². The zero-order chi connectivity index (χ0) is 15.1. The van der Waals surface area contributed by atoms with Crippen molar-refractivity contribution in [2.24, 2.45) is 0 Å². The Hall–Kier alpha value is -1.81. The summed E-state index contributed by atoms with van der Waals surface area (Å²) in [5.74, 6) is 0. The first kappa shape index (κ1) is 14.6. The van der Waals surface area contributed by atoms with Crippen LogP contribution in [-0.4, -0.2) is 16.5 Å². The van der Waals surface area contributed by atoms with Crippen molar-refractivity contribution in [2.75, 3.05) is 0 Å². The van der Waals surface area contributed by atoms with Crippen molar-refractivity contribution >= 4 is 28.7 Å². The van der Waals surface area contributed by atoms with Crippen molar-refractivity contribution in [3.8, 4) is 0 Å². The van der Waals surface area contributed by atoms with Gasteiger partial charge in [-0.1, -0.05) is 11.6 Å². The van der Waals surface area contributed by atoms with Gasteiger partial charge in [-0.05, 0) is 30.7 Å². The summed E-state index contributed by atoms with van der Waals surface area (Å²) >= 11 is 6.06. The van der Waals surface area contributed by atoms with Crippen LogP contribution in [0.3, 0.4) is 0 Å². The number of rotatable bonds is 1. The van der Waals surface area contributed by atoms with E-state index in [2.05, 4.69) is 0 Å². The van der Waals surface area contributed by atoms with Crippen LogP contribution in [0, 0.1) is 17.3 Å². The van der Waals surface area contributed by atoms with Crippen LogP contribution in [0.1, 0.15) is 31.9 Å². The lowest BCUT2D eigenvalue weighted by Gasteiger charge is -2.18. The molecular weight excluding hydrogens is 276 g/mol. The summed E-state index contributed by atoms with van der Waals surface area (Å²) in [6.45, 7) is 7.32. The third-order valence-corrected chi connectivity index (χ3v) is 3.42. The molecule has 0 saturated heterocycles. The van der Waals surface area contributed by atoms with E-state index in [1.807, 2.05) is 19.1 Å². The van der Waals surface area contributed by atoms with Crippen LogP contribution < -0.4 is 4.73 Å². The molecule has 5 heteroatoms. The SMILES string of the molecule is Cc1ccc2c(c1)cc(/C=[N+](\[O-])C(C)(C)C)c(Cl)[n+]2[O-]. The molecule has 0 N–H and O–H groups in total. The van der Waals surface area contributed by atoms with Gasteiger partial charge >= 0.3 is 0 Å². The van der Waals surface area contributed by atoms with E-state index in [1.165, 1.54) is 6.21 Å². The van der Waals surface area contributed by atoms with Gasteiger partial charge in [0, 0.05) is 32.2 Å². The Kier molecular flexibility index (Phi) is 3.61. The molecule has 1 aromatic heterocycles. The maximum Gasteiger partial charge on any atom is 0.300 e.